The zero-order valence-electron chi connectivity index (χ0n) is 12.7. The molecule has 1 N–H and O–H groups in total. The first-order valence-corrected chi connectivity index (χ1v) is 7.38. The van der Waals surface area contributed by atoms with Crippen LogP contribution in [0.2, 0.25) is 0 Å². The number of hydrogen-bond donors (Lipinski definition) is 1. The quantitative estimate of drug-likeness (QED) is 0.573. The highest BCUT2D eigenvalue weighted by molar-refractivity contribution is 5.65. The van der Waals surface area contributed by atoms with Gasteiger partial charge in [0.25, 0.3) is 5.56 Å². The summed E-state index contributed by atoms with van der Waals surface area (Å²) >= 11 is 0. The summed E-state index contributed by atoms with van der Waals surface area (Å²) in [5, 5.41) is 0. The maximum Gasteiger partial charge on any atom is 0.328 e. The average Bonchev–Trinajstić information content (AvgIpc) is 2.49. The molecular formula is C14H21N3O5. The van der Waals surface area contributed by atoms with Crippen molar-refractivity contribution in [3.05, 3.63) is 27.0 Å². The molecule has 1 fully saturated rings. The predicted octanol–water partition coefficient (Wildman–Crippen LogP) is -0.283. The number of unbranched alkanes of at least 4 members (excludes halogenated alkanes) is 1. The molecule has 1 aliphatic rings. The van der Waals surface area contributed by atoms with Gasteiger partial charge in [-0.25, -0.2) is 4.79 Å². The molecule has 122 valence electrons. The summed E-state index contributed by atoms with van der Waals surface area (Å²) in [5.41, 5.74) is -0.305. The number of ether oxygens (including phenoxy) is 2. The number of H-pyrrole nitrogens is 1. The van der Waals surface area contributed by atoms with Gasteiger partial charge < -0.3 is 14.4 Å². The van der Waals surface area contributed by atoms with Crippen LogP contribution in [0.4, 0.5) is 5.69 Å². The molecule has 0 spiro atoms. The van der Waals surface area contributed by atoms with Crippen molar-refractivity contribution in [2.75, 3.05) is 37.8 Å². The van der Waals surface area contributed by atoms with Gasteiger partial charge in [-0.1, -0.05) is 0 Å². The summed E-state index contributed by atoms with van der Waals surface area (Å²) in [6.45, 7) is 4.57. The molecule has 2 heterocycles. The van der Waals surface area contributed by atoms with Crippen LogP contribution in [0.5, 0.6) is 0 Å². The number of aromatic amines is 1. The second-order valence-electron chi connectivity index (χ2n) is 5.11. The van der Waals surface area contributed by atoms with Gasteiger partial charge in [0.1, 0.15) is 5.69 Å². The van der Waals surface area contributed by atoms with Gasteiger partial charge >= 0.3 is 11.7 Å². The summed E-state index contributed by atoms with van der Waals surface area (Å²) < 4.78 is 11.6. The fraction of sp³-hybridized carbons (Fsp3) is 0.643. The summed E-state index contributed by atoms with van der Waals surface area (Å²) in [6.07, 6.45) is 2.94. The van der Waals surface area contributed by atoms with Crippen molar-refractivity contribution in [3.63, 3.8) is 0 Å². The first kappa shape index (κ1) is 16.3. The van der Waals surface area contributed by atoms with Crippen molar-refractivity contribution < 1.29 is 14.3 Å². The molecule has 2 rings (SSSR count). The zero-order valence-corrected chi connectivity index (χ0v) is 12.7. The minimum absolute atomic E-state index is 0.309. The van der Waals surface area contributed by atoms with E-state index in [9.17, 15) is 14.4 Å². The van der Waals surface area contributed by atoms with Crippen molar-refractivity contribution in [2.45, 2.75) is 26.3 Å². The van der Waals surface area contributed by atoms with Crippen molar-refractivity contribution in [2.24, 2.45) is 0 Å². The van der Waals surface area contributed by atoms with Crippen molar-refractivity contribution in [1.29, 1.82) is 0 Å². The standard InChI is InChI=1S/C14H21N3O5/c1-11(18)22-7-3-2-4-17-10-12(13(19)15-14(17)20)16-5-8-21-9-6-16/h10H,2-9H2,1H3,(H,15,19,20). The number of nitrogens with one attached hydrogen (secondary N) is 1. The number of aromatic nitrogens is 2. The Morgan fingerprint density at radius 2 is 2.05 bits per heavy atom. The number of anilines is 1. The van der Waals surface area contributed by atoms with Crippen LogP contribution < -0.4 is 16.1 Å². The van der Waals surface area contributed by atoms with E-state index in [0.717, 1.165) is 0 Å². The van der Waals surface area contributed by atoms with Crippen molar-refractivity contribution in [1.82, 2.24) is 9.55 Å². The summed E-state index contributed by atoms with van der Waals surface area (Å²) in [5.74, 6) is -0.309. The largest absolute Gasteiger partial charge is 0.466 e. The second-order valence-corrected chi connectivity index (χ2v) is 5.11. The minimum Gasteiger partial charge on any atom is -0.466 e. The maximum absolute atomic E-state index is 11.9. The van der Waals surface area contributed by atoms with Crippen molar-refractivity contribution in [3.8, 4) is 0 Å². The van der Waals surface area contributed by atoms with Crippen LogP contribution in [-0.4, -0.2) is 48.4 Å². The third-order valence-electron chi connectivity index (χ3n) is 3.44. The summed E-state index contributed by atoms with van der Waals surface area (Å²) in [7, 11) is 0. The molecule has 8 heteroatoms. The maximum atomic E-state index is 11.9. The molecule has 0 amide bonds. The number of nitrogens with zero attached hydrogens (tertiary/aromatic N) is 2. The lowest BCUT2D eigenvalue weighted by molar-refractivity contribution is -0.141. The van der Waals surface area contributed by atoms with E-state index in [1.54, 1.807) is 6.20 Å². The predicted molar refractivity (Wildman–Crippen MR) is 80.2 cm³/mol. The molecule has 1 aromatic rings. The van der Waals surface area contributed by atoms with Gasteiger partial charge in [-0.05, 0) is 12.8 Å². The lowest BCUT2D eigenvalue weighted by Gasteiger charge is -2.28. The molecular weight excluding hydrogens is 290 g/mol. The fourth-order valence-corrected chi connectivity index (χ4v) is 2.29. The van der Waals surface area contributed by atoms with Gasteiger partial charge in [-0.3, -0.25) is 19.1 Å². The van der Waals surface area contributed by atoms with Crippen LogP contribution in [0.1, 0.15) is 19.8 Å². The van der Waals surface area contributed by atoms with Gasteiger partial charge in [-0.2, -0.15) is 0 Å². The van der Waals surface area contributed by atoms with Crippen LogP contribution in [0.25, 0.3) is 0 Å². The first-order chi connectivity index (χ1) is 10.6. The van der Waals surface area contributed by atoms with Gasteiger partial charge in [0.05, 0.1) is 19.8 Å². The smallest absolute Gasteiger partial charge is 0.328 e. The highest BCUT2D eigenvalue weighted by Gasteiger charge is 2.15. The van der Waals surface area contributed by atoms with E-state index in [-0.39, 0.29) is 11.5 Å². The molecule has 8 nitrogen and oxygen atoms in total. The Balaban J connectivity index is 2.00. The number of esters is 1. The van der Waals surface area contributed by atoms with E-state index in [4.69, 9.17) is 9.47 Å². The number of rotatable bonds is 6. The number of carbonyl (C=O) groups is 1. The minimum atomic E-state index is -0.422. The third kappa shape index (κ3) is 4.45. The number of carbonyl (C=O) groups excluding carboxylic acids is 1. The Hall–Kier alpha value is -2.09. The van der Waals surface area contributed by atoms with Gasteiger partial charge in [0.2, 0.25) is 0 Å². The number of morpholine rings is 1. The number of hydrogen-bond acceptors (Lipinski definition) is 6. The van der Waals surface area contributed by atoms with Crippen LogP contribution in [-0.2, 0) is 20.8 Å². The Bertz CT molecular complexity index is 616. The van der Waals surface area contributed by atoms with E-state index < -0.39 is 5.69 Å². The summed E-state index contributed by atoms with van der Waals surface area (Å²) in [4.78, 5) is 38.7. The van der Waals surface area contributed by atoms with Gasteiger partial charge in [0.15, 0.2) is 0 Å². The van der Waals surface area contributed by atoms with Gasteiger partial charge in [-0.15, -0.1) is 0 Å². The molecule has 22 heavy (non-hydrogen) atoms. The Morgan fingerprint density at radius 1 is 1.32 bits per heavy atom. The molecule has 1 aromatic heterocycles. The molecule has 1 saturated heterocycles. The van der Waals surface area contributed by atoms with E-state index in [1.165, 1.54) is 11.5 Å². The van der Waals surface area contributed by atoms with Gasteiger partial charge in [0, 0.05) is 32.8 Å². The topological polar surface area (TPSA) is 93.6 Å². The van der Waals surface area contributed by atoms with Crippen LogP contribution in [0.3, 0.4) is 0 Å². The highest BCUT2D eigenvalue weighted by atomic mass is 16.5. The fourth-order valence-electron chi connectivity index (χ4n) is 2.29. The molecule has 0 bridgehead atoms. The van der Waals surface area contributed by atoms with Crippen LogP contribution in [0.15, 0.2) is 15.8 Å². The Morgan fingerprint density at radius 3 is 2.73 bits per heavy atom. The molecule has 0 aromatic carbocycles. The highest BCUT2D eigenvalue weighted by Crippen LogP contribution is 2.08. The van der Waals surface area contributed by atoms with E-state index >= 15 is 0 Å². The third-order valence-corrected chi connectivity index (χ3v) is 3.44. The first-order valence-electron chi connectivity index (χ1n) is 7.38. The van der Waals surface area contributed by atoms with Crippen LogP contribution in [0, 0.1) is 0 Å². The number of aryl methyl sites for hydroxylation is 1. The van der Waals surface area contributed by atoms with E-state index in [0.29, 0.717) is 58.0 Å². The Labute approximate surface area is 127 Å². The molecule has 0 radical (unpaired) electrons. The molecule has 1 aliphatic heterocycles. The summed E-state index contributed by atoms with van der Waals surface area (Å²) in [6, 6.07) is 0. The molecule has 0 unspecified atom stereocenters. The second kappa shape index (κ2) is 7.79. The Kier molecular flexibility index (Phi) is 5.76. The lowest BCUT2D eigenvalue weighted by atomic mass is 10.3. The SMILES string of the molecule is CC(=O)OCCCCn1cc(N2CCOCC2)c(=O)[nH]c1=O. The van der Waals surface area contributed by atoms with Crippen LogP contribution >= 0.6 is 0 Å². The lowest BCUT2D eigenvalue weighted by Crippen LogP contribution is -2.42. The molecule has 0 aliphatic carbocycles. The van der Waals surface area contributed by atoms with Crippen molar-refractivity contribution >= 4 is 11.7 Å². The van der Waals surface area contributed by atoms with E-state index in [1.807, 2.05) is 4.90 Å². The zero-order chi connectivity index (χ0) is 15.9. The average molecular weight is 311 g/mol. The normalized spacial score (nSPS) is 14.9. The molecule has 0 saturated carbocycles. The van der Waals surface area contributed by atoms with E-state index in [2.05, 4.69) is 4.98 Å². The monoisotopic (exact) mass is 311 g/mol. The molecule has 0 atom stereocenters.